The normalized spacial score (nSPS) is 27.2. The Morgan fingerprint density at radius 2 is 1.89 bits per heavy atom. The van der Waals surface area contributed by atoms with Crippen LogP contribution < -0.4 is 10.7 Å². The number of rotatable bonds is 5. The van der Waals surface area contributed by atoms with Gasteiger partial charge in [-0.25, -0.2) is 4.68 Å². The highest BCUT2D eigenvalue weighted by Crippen LogP contribution is 2.41. The van der Waals surface area contributed by atoms with E-state index in [2.05, 4.69) is 21.8 Å². The largest absolute Gasteiger partial charge is 0.481 e. The van der Waals surface area contributed by atoms with E-state index in [1.165, 1.54) is 12.1 Å². The maximum atomic E-state index is 13.4. The van der Waals surface area contributed by atoms with Crippen LogP contribution in [0.3, 0.4) is 0 Å². The topological polar surface area (TPSA) is 70.5 Å². The van der Waals surface area contributed by atoms with Crippen molar-refractivity contribution in [1.29, 1.82) is 0 Å². The average molecular weight is 530 g/mol. The molecule has 1 saturated heterocycles. The van der Waals surface area contributed by atoms with Gasteiger partial charge in [-0.15, -0.1) is 5.10 Å². The molecule has 1 saturated carbocycles. The molecule has 3 aliphatic heterocycles. The molecular formula is C27H34F3N7O. The number of likely N-dealkylation sites (tertiary alicyclic amines) is 1. The standard InChI is InChI=1S/C27H34F3N7O/c1-35-16-21(13-23(33-35)38-2)36-14-18-9-10-19(15-36)24(18)31-26-32-25-22(8-3-4-11-37(25)34-26)17-6-5-7-20(12-17)27(28,29)30/h5-7,12-13,16,18-19,22,24,33H,3-4,8-11,14-15H2,1-2H3,(H,31,34)/t18-,19?,22-,24?/m0/s1. The van der Waals surface area contributed by atoms with E-state index in [1.807, 2.05) is 22.8 Å². The monoisotopic (exact) mass is 529 g/mol. The Bertz CT molecular complexity index is 1230. The van der Waals surface area contributed by atoms with E-state index in [0.29, 0.717) is 23.3 Å². The maximum Gasteiger partial charge on any atom is 0.416 e. The summed E-state index contributed by atoms with van der Waals surface area (Å²) >= 11 is 0. The molecule has 0 amide bonds. The Morgan fingerprint density at radius 1 is 1.11 bits per heavy atom. The van der Waals surface area contributed by atoms with Crippen LogP contribution in [0.1, 0.15) is 55.0 Å². The number of anilines is 1. The summed E-state index contributed by atoms with van der Waals surface area (Å²) in [4.78, 5) is 7.31. The number of nitrogens with one attached hydrogen (secondary N) is 2. The van der Waals surface area contributed by atoms with Gasteiger partial charge in [0.2, 0.25) is 11.8 Å². The zero-order valence-corrected chi connectivity index (χ0v) is 21.7. The lowest BCUT2D eigenvalue weighted by Crippen LogP contribution is -2.48. The molecule has 2 bridgehead atoms. The second-order valence-electron chi connectivity index (χ2n) is 10.9. The number of halogens is 3. The number of aryl methyl sites for hydroxylation is 1. The lowest BCUT2D eigenvalue weighted by molar-refractivity contribution is -0.137. The summed E-state index contributed by atoms with van der Waals surface area (Å²) in [6.07, 6.45) is 4.66. The van der Waals surface area contributed by atoms with Crippen molar-refractivity contribution in [3.8, 4) is 0 Å². The van der Waals surface area contributed by atoms with Gasteiger partial charge in [-0.2, -0.15) is 18.2 Å². The quantitative estimate of drug-likeness (QED) is 0.591. The van der Waals surface area contributed by atoms with Crippen molar-refractivity contribution in [2.24, 2.45) is 11.8 Å². The first-order valence-corrected chi connectivity index (χ1v) is 13.4. The van der Waals surface area contributed by atoms with Crippen LogP contribution in [0.25, 0.3) is 0 Å². The number of piperidine rings is 1. The van der Waals surface area contributed by atoms with Crippen molar-refractivity contribution in [2.75, 3.05) is 32.6 Å². The third-order valence-corrected chi connectivity index (χ3v) is 8.35. The molecule has 4 heterocycles. The number of hydrogen-bond acceptors (Lipinski definition) is 7. The molecule has 2 unspecified atom stereocenters. The Kier molecular flexibility index (Phi) is 6.39. The summed E-state index contributed by atoms with van der Waals surface area (Å²) < 4.78 is 47.5. The molecule has 204 valence electrons. The SMILES string of the molecule is COC1=CC(N2CC3CC[C@@H](C2)C3Nc2nc3n(n2)CCCC[C@H]3c2cccc(C(F)(F)F)c2)=CN(C)N1. The number of hydrogen-bond donors (Lipinski definition) is 2. The lowest BCUT2D eigenvalue weighted by Gasteiger charge is -2.41. The molecule has 2 fully saturated rings. The van der Waals surface area contributed by atoms with Gasteiger partial charge in [0.25, 0.3) is 0 Å². The van der Waals surface area contributed by atoms with Gasteiger partial charge in [-0.1, -0.05) is 24.6 Å². The number of allylic oxidation sites excluding steroid dienone is 1. The van der Waals surface area contributed by atoms with E-state index >= 15 is 0 Å². The Balaban J connectivity index is 1.20. The molecule has 4 atom stereocenters. The Morgan fingerprint density at radius 3 is 2.63 bits per heavy atom. The average Bonchev–Trinajstić information content (AvgIpc) is 3.29. The molecule has 0 radical (unpaired) electrons. The van der Waals surface area contributed by atoms with Crippen LogP contribution >= 0.6 is 0 Å². The van der Waals surface area contributed by atoms with Crippen molar-refractivity contribution in [1.82, 2.24) is 30.1 Å². The highest BCUT2D eigenvalue weighted by Gasteiger charge is 2.43. The van der Waals surface area contributed by atoms with Crippen molar-refractivity contribution in [2.45, 2.75) is 56.8 Å². The summed E-state index contributed by atoms with van der Waals surface area (Å²) in [5.41, 5.74) is 4.32. The summed E-state index contributed by atoms with van der Waals surface area (Å²) in [7, 11) is 3.61. The zero-order valence-electron chi connectivity index (χ0n) is 21.7. The van der Waals surface area contributed by atoms with E-state index < -0.39 is 11.7 Å². The first kappa shape index (κ1) is 24.9. The van der Waals surface area contributed by atoms with Crippen LogP contribution in [0.4, 0.5) is 19.1 Å². The number of hydrazine groups is 1. The van der Waals surface area contributed by atoms with Crippen LogP contribution in [-0.4, -0.2) is 58.0 Å². The van der Waals surface area contributed by atoms with E-state index in [4.69, 9.17) is 14.8 Å². The highest BCUT2D eigenvalue weighted by atomic mass is 19.4. The predicted octanol–water partition coefficient (Wildman–Crippen LogP) is 4.51. The molecule has 0 spiro atoms. The second kappa shape index (κ2) is 9.74. The predicted molar refractivity (Wildman–Crippen MR) is 136 cm³/mol. The van der Waals surface area contributed by atoms with Crippen LogP contribution in [-0.2, 0) is 17.5 Å². The fourth-order valence-electron chi connectivity index (χ4n) is 6.53. The number of nitrogens with zero attached hydrogens (tertiary/aromatic N) is 5. The fraction of sp³-hybridized carbons (Fsp3) is 0.556. The van der Waals surface area contributed by atoms with Crippen molar-refractivity contribution in [3.05, 3.63) is 65.1 Å². The molecular weight excluding hydrogens is 495 g/mol. The van der Waals surface area contributed by atoms with Gasteiger partial charge in [0, 0.05) is 50.9 Å². The van der Waals surface area contributed by atoms with Gasteiger partial charge in [0.1, 0.15) is 5.82 Å². The van der Waals surface area contributed by atoms with Crippen LogP contribution in [0.15, 0.2) is 48.1 Å². The van der Waals surface area contributed by atoms with Gasteiger partial charge in [0.05, 0.1) is 18.4 Å². The maximum absolute atomic E-state index is 13.4. The molecule has 2 N–H and O–H groups in total. The molecule has 1 aromatic heterocycles. The first-order chi connectivity index (χ1) is 18.3. The van der Waals surface area contributed by atoms with E-state index in [9.17, 15) is 13.2 Å². The van der Waals surface area contributed by atoms with Crippen LogP contribution in [0.2, 0.25) is 0 Å². The number of benzene rings is 1. The summed E-state index contributed by atoms with van der Waals surface area (Å²) in [5.74, 6) is 2.78. The molecule has 1 aromatic carbocycles. The van der Waals surface area contributed by atoms with Gasteiger partial charge in [-0.3, -0.25) is 10.4 Å². The number of fused-ring (bicyclic) bond motifs is 3. The third-order valence-electron chi connectivity index (χ3n) is 8.35. The van der Waals surface area contributed by atoms with Gasteiger partial charge < -0.3 is 15.0 Å². The minimum atomic E-state index is -4.37. The second-order valence-corrected chi connectivity index (χ2v) is 10.9. The number of alkyl halides is 3. The van der Waals surface area contributed by atoms with Gasteiger partial charge >= 0.3 is 6.18 Å². The number of aromatic nitrogens is 3. The molecule has 6 rings (SSSR count). The van der Waals surface area contributed by atoms with Crippen molar-refractivity contribution < 1.29 is 17.9 Å². The van der Waals surface area contributed by atoms with Crippen LogP contribution in [0, 0.1) is 11.8 Å². The molecule has 1 aliphatic carbocycles. The van der Waals surface area contributed by atoms with Crippen LogP contribution in [0.5, 0.6) is 0 Å². The number of methoxy groups -OCH3 is 1. The summed E-state index contributed by atoms with van der Waals surface area (Å²) in [5, 5.41) is 10.3. The molecule has 8 nitrogen and oxygen atoms in total. The summed E-state index contributed by atoms with van der Waals surface area (Å²) in [6, 6.07) is 5.95. The Hall–Kier alpha value is -3.37. The molecule has 11 heteroatoms. The third kappa shape index (κ3) is 4.78. The smallest absolute Gasteiger partial charge is 0.416 e. The van der Waals surface area contributed by atoms with Crippen molar-refractivity contribution >= 4 is 5.95 Å². The van der Waals surface area contributed by atoms with Crippen molar-refractivity contribution in [3.63, 3.8) is 0 Å². The van der Waals surface area contributed by atoms with E-state index in [-0.39, 0.29) is 12.0 Å². The highest BCUT2D eigenvalue weighted by molar-refractivity contribution is 5.36. The van der Waals surface area contributed by atoms with E-state index in [1.54, 1.807) is 13.2 Å². The minimum Gasteiger partial charge on any atom is -0.481 e. The zero-order chi connectivity index (χ0) is 26.4. The van der Waals surface area contributed by atoms with Gasteiger partial charge in [-0.05, 0) is 49.1 Å². The minimum absolute atomic E-state index is 0.202. The lowest BCUT2D eigenvalue weighted by atomic mass is 9.91. The van der Waals surface area contributed by atoms with E-state index in [0.717, 1.165) is 75.2 Å². The molecule has 4 aliphatic rings. The Labute approximate surface area is 220 Å². The number of ether oxygens (including phenoxy) is 1. The van der Waals surface area contributed by atoms with Gasteiger partial charge in [0.15, 0.2) is 0 Å². The molecule has 38 heavy (non-hydrogen) atoms. The molecule has 2 aromatic rings. The summed E-state index contributed by atoms with van der Waals surface area (Å²) in [6.45, 7) is 2.60. The fourth-order valence-corrected chi connectivity index (χ4v) is 6.53. The first-order valence-electron chi connectivity index (χ1n) is 13.4.